The van der Waals surface area contributed by atoms with Gasteiger partial charge in [0.2, 0.25) is 0 Å². The summed E-state index contributed by atoms with van der Waals surface area (Å²) in [5, 5.41) is 4.68. The molecule has 1 aliphatic rings. The lowest BCUT2D eigenvalue weighted by Crippen LogP contribution is -2.41. The molecule has 2 aromatic heterocycles. The molecule has 152 valence electrons. The van der Waals surface area contributed by atoms with Crippen molar-refractivity contribution in [3.05, 3.63) is 41.1 Å². The Morgan fingerprint density at radius 2 is 2.17 bits per heavy atom. The Labute approximate surface area is 171 Å². The minimum absolute atomic E-state index is 0.207. The van der Waals surface area contributed by atoms with Gasteiger partial charge in [-0.2, -0.15) is 0 Å². The van der Waals surface area contributed by atoms with Crippen molar-refractivity contribution < 1.29 is 23.6 Å². The van der Waals surface area contributed by atoms with E-state index in [1.165, 1.54) is 0 Å². The number of esters is 1. The van der Waals surface area contributed by atoms with Gasteiger partial charge in [0, 0.05) is 25.1 Å². The number of benzene rings is 1. The molecule has 1 atom stereocenters. The van der Waals surface area contributed by atoms with E-state index in [1.807, 2.05) is 18.2 Å². The van der Waals surface area contributed by atoms with Crippen LogP contribution in [0.15, 0.2) is 34.9 Å². The fourth-order valence-electron chi connectivity index (χ4n) is 3.29. The zero-order chi connectivity index (χ0) is 20.2. The van der Waals surface area contributed by atoms with Gasteiger partial charge in [-0.05, 0) is 37.1 Å². The van der Waals surface area contributed by atoms with Crippen molar-refractivity contribution in [2.75, 3.05) is 26.3 Å². The molecule has 1 aromatic carbocycles. The van der Waals surface area contributed by atoms with E-state index in [1.54, 1.807) is 29.2 Å². The maximum atomic E-state index is 12.5. The van der Waals surface area contributed by atoms with E-state index in [9.17, 15) is 9.59 Å². The number of carbonyl (C=O) groups excluding carboxylic acids is 2. The Morgan fingerprint density at radius 3 is 2.97 bits per heavy atom. The fraction of sp³-hybridized carbons (Fsp3) is 0.400. The zero-order valence-corrected chi connectivity index (χ0v) is 16.8. The molecule has 1 fully saturated rings. The Hall–Kier alpha value is -2.94. The number of para-hydroxylation sites is 1. The molecule has 3 heterocycles. The number of amides is 1. The first-order valence-electron chi connectivity index (χ1n) is 9.43. The van der Waals surface area contributed by atoms with Gasteiger partial charge in [0.05, 0.1) is 15.2 Å². The summed E-state index contributed by atoms with van der Waals surface area (Å²) >= 11 is 1.68. The van der Waals surface area contributed by atoms with Crippen molar-refractivity contribution in [3.8, 4) is 5.88 Å². The third-order valence-corrected chi connectivity index (χ3v) is 5.93. The second-order valence-electron chi connectivity index (χ2n) is 6.92. The summed E-state index contributed by atoms with van der Waals surface area (Å²) in [6.45, 7) is 2.34. The molecular weight excluding hydrogens is 394 g/mol. The van der Waals surface area contributed by atoms with Crippen molar-refractivity contribution in [2.45, 2.75) is 25.7 Å². The predicted octanol–water partition coefficient (Wildman–Crippen LogP) is 2.92. The first-order chi connectivity index (χ1) is 14.1. The quantitative estimate of drug-likeness (QED) is 0.571. The van der Waals surface area contributed by atoms with Crippen molar-refractivity contribution in [2.24, 2.45) is 0 Å². The summed E-state index contributed by atoms with van der Waals surface area (Å²) in [5.74, 6) is 0.163. The molecule has 1 aliphatic heterocycles. The fourth-order valence-corrected chi connectivity index (χ4v) is 4.38. The van der Waals surface area contributed by atoms with Crippen molar-refractivity contribution in [1.82, 2.24) is 15.0 Å². The smallest absolute Gasteiger partial charge is 0.344 e. The largest absolute Gasteiger partial charge is 0.463 e. The van der Waals surface area contributed by atoms with Crippen molar-refractivity contribution >= 4 is 33.4 Å². The van der Waals surface area contributed by atoms with Crippen LogP contribution in [0.2, 0.25) is 0 Å². The third kappa shape index (κ3) is 4.73. The zero-order valence-electron chi connectivity index (χ0n) is 16.0. The molecule has 1 saturated heterocycles. The van der Waals surface area contributed by atoms with Crippen LogP contribution in [0.4, 0.5) is 0 Å². The molecule has 1 amide bonds. The Bertz CT molecular complexity index is 981. The minimum Gasteiger partial charge on any atom is -0.463 e. The summed E-state index contributed by atoms with van der Waals surface area (Å²) in [4.78, 5) is 30.8. The van der Waals surface area contributed by atoms with Gasteiger partial charge in [0.25, 0.3) is 11.8 Å². The lowest BCUT2D eigenvalue weighted by molar-refractivity contribution is -0.154. The van der Waals surface area contributed by atoms with Gasteiger partial charge < -0.3 is 18.9 Å². The second-order valence-corrected chi connectivity index (χ2v) is 7.99. The molecule has 0 radical (unpaired) electrons. The average Bonchev–Trinajstić information content (AvgIpc) is 3.36. The number of fused-ring (bicyclic) bond motifs is 1. The molecule has 0 unspecified atom stereocenters. The van der Waals surface area contributed by atoms with Crippen molar-refractivity contribution in [1.29, 1.82) is 0 Å². The summed E-state index contributed by atoms with van der Waals surface area (Å²) in [7, 11) is 0. The Morgan fingerprint density at radius 1 is 1.31 bits per heavy atom. The van der Waals surface area contributed by atoms with Crippen LogP contribution in [-0.4, -0.2) is 53.2 Å². The van der Waals surface area contributed by atoms with E-state index in [-0.39, 0.29) is 30.9 Å². The van der Waals surface area contributed by atoms with Crippen LogP contribution in [0.1, 0.15) is 29.5 Å². The standard InChI is InChI=1S/C20H21N3O5S/c1-13-9-17(22-28-13)26-12-19(25)27-11-18(24)23-8-4-5-14(10-23)20-21-15-6-2-3-7-16(15)29-20/h2-3,6-7,9,14H,4-5,8,10-12H2,1H3/t14-/m0/s1. The van der Waals surface area contributed by atoms with Gasteiger partial charge >= 0.3 is 5.97 Å². The highest BCUT2D eigenvalue weighted by atomic mass is 32.1. The van der Waals surface area contributed by atoms with E-state index in [2.05, 4.69) is 11.2 Å². The average molecular weight is 415 g/mol. The molecule has 0 N–H and O–H groups in total. The highest BCUT2D eigenvalue weighted by Crippen LogP contribution is 2.32. The Balaban J connectivity index is 1.27. The molecule has 0 saturated carbocycles. The van der Waals surface area contributed by atoms with E-state index >= 15 is 0 Å². The van der Waals surface area contributed by atoms with Crippen LogP contribution in [0.3, 0.4) is 0 Å². The van der Waals surface area contributed by atoms with Crippen LogP contribution < -0.4 is 4.74 Å². The summed E-state index contributed by atoms with van der Waals surface area (Å²) in [5.41, 5.74) is 0.993. The number of aromatic nitrogens is 2. The maximum absolute atomic E-state index is 12.5. The first-order valence-corrected chi connectivity index (χ1v) is 10.2. The van der Waals surface area contributed by atoms with Gasteiger partial charge in [0.1, 0.15) is 5.76 Å². The number of aryl methyl sites for hydroxylation is 1. The van der Waals surface area contributed by atoms with Crippen LogP contribution in [-0.2, 0) is 14.3 Å². The van der Waals surface area contributed by atoms with Gasteiger partial charge in [-0.1, -0.05) is 12.1 Å². The molecular formula is C20H21N3O5S. The van der Waals surface area contributed by atoms with Gasteiger partial charge in [-0.25, -0.2) is 9.78 Å². The summed E-state index contributed by atoms with van der Waals surface area (Å²) in [6, 6.07) is 9.61. The number of ether oxygens (including phenoxy) is 2. The van der Waals surface area contributed by atoms with Crippen LogP contribution in [0.25, 0.3) is 10.2 Å². The number of piperidine rings is 1. The number of rotatable bonds is 6. The van der Waals surface area contributed by atoms with E-state index in [4.69, 9.17) is 19.0 Å². The number of hydrogen-bond acceptors (Lipinski definition) is 8. The number of carbonyl (C=O) groups is 2. The van der Waals surface area contributed by atoms with Gasteiger partial charge in [0.15, 0.2) is 13.2 Å². The molecule has 9 heteroatoms. The van der Waals surface area contributed by atoms with E-state index in [0.717, 1.165) is 28.1 Å². The number of thiazole rings is 1. The number of hydrogen-bond donors (Lipinski definition) is 0. The highest BCUT2D eigenvalue weighted by Gasteiger charge is 2.27. The topological polar surface area (TPSA) is 94.8 Å². The monoisotopic (exact) mass is 415 g/mol. The lowest BCUT2D eigenvalue weighted by atomic mass is 9.99. The molecule has 0 aliphatic carbocycles. The van der Waals surface area contributed by atoms with E-state index in [0.29, 0.717) is 18.8 Å². The third-order valence-electron chi connectivity index (χ3n) is 4.73. The van der Waals surface area contributed by atoms with Crippen molar-refractivity contribution in [3.63, 3.8) is 0 Å². The molecule has 4 rings (SSSR count). The van der Waals surface area contributed by atoms with Gasteiger partial charge in [-0.3, -0.25) is 4.79 Å². The number of likely N-dealkylation sites (tertiary alicyclic amines) is 1. The first kappa shape index (κ1) is 19.4. The molecule has 8 nitrogen and oxygen atoms in total. The Kier molecular flexibility index (Phi) is 5.75. The SMILES string of the molecule is Cc1cc(OCC(=O)OCC(=O)N2CCC[C@H](c3nc4ccccc4s3)C2)no1. The normalized spacial score (nSPS) is 16.7. The van der Waals surface area contributed by atoms with E-state index < -0.39 is 5.97 Å². The van der Waals surface area contributed by atoms with Gasteiger partial charge in [-0.15, -0.1) is 11.3 Å². The number of nitrogens with zero attached hydrogens (tertiary/aromatic N) is 3. The maximum Gasteiger partial charge on any atom is 0.344 e. The molecule has 0 spiro atoms. The summed E-state index contributed by atoms with van der Waals surface area (Å²) in [6.07, 6.45) is 1.89. The van der Waals surface area contributed by atoms with Crippen LogP contribution >= 0.6 is 11.3 Å². The highest BCUT2D eigenvalue weighted by molar-refractivity contribution is 7.18. The minimum atomic E-state index is -0.626. The lowest BCUT2D eigenvalue weighted by Gasteiger charge is -2.31. The molecule has 0 bridgehead atoms. The van der Waals surface area contributed by atoms with Crippen LogP contribution in [0.5, 0.6) is 5.88 Å². The second kappa shape index (κ2) is 8.60. The predicted molar refractivity (Wildman–Crippen MR) is 106 cm³/mol. The molecule has 29 heavy (non-hydrogen) atoms. The summed E-state index contributed by atoms with van der Waals surface area (Å²) < 4.78 is 16.2. The molecule has 3 aromatic rings. The van der Waals surface area contributed by atoms with Crippen LogP contribution in [0, 0.1) is 6.92 Å².